The SMILES string of the molecule is Cc1c(C2CNC(=O)CO2)ccc(OCC(C)O)c1Cl. The minimum atomic E-state index is -0.553. The topological polar surface area (TPSA) is 67.8 Å². The van der Waals surface area contributed by atoms with Crippen LogP contribution in [0, 0.1) is 6.92 Å². The molecule has 1 saturated heterocycles. The van der Waals surface area contributed by atoms with Gasteiger partial charge in [-0.2, -0.15) is 0 Å². The lowest BCUT2D eigenvalue weighted by molar-refractivity contribution is -0.133. The van der Waals surface area contributed by atoms with Gasteiger partial charge in [-0.3, -0.25) is 4.79 Å². The Balaban J connectivity index is 2.15. The van der Waals surface area contributed by atoms with E-state index in [2.05, 4.69) is 5.32 Å². The summed E-state index contributed by atoms with van der Waals surface area (Å²) in [5.74, 6) is 0.426. The first-order valence-electron chi connectivity index (χ1n) is 6.47. The maximum Gasteiger partial charge on any atom is 0.246 e. The number of nitrogens with one attached hydrogen (secondary N) is 1. The van der Waals surface area contributed by atoms with Crippen LogP contribution in [-0.4, -0.2) is 36.9 Å². The van der Waals surface area contributed by atoms with Gasteiger partial charge in [-0.1, -0.05) is 17.7 Å². The van der Waals surface area contributed by atoms with Gasteiger partial charge in [0.2, 0.25) is 5.91 Å². The molecule has 1 aliphatic heterocycles. The number of morpholine rings is 1. The molecule has 0 aromatic heterocycles. The smallest absolute Gasteiger partial charge is 0.246 e. The van der Waals surface area contributed by atoms with Crippen LogP contribution >= 0.6 is 11.6 Å². The summed E-state index contributed by atoms with van der Waals surface area (Å²) in [5, 5.41) is 12.5. The summed E-state index contributed by atoms with van der Waals surface area (Å²) >= 11 is 6.28. The van der Waals surface area contributed by atoms with Gasteiger partial charge in [-0.05, 0) is 31.0 Å². The molecule has 0 radical (unpaired) electrons. The van der Waals surface area contributed by atoms with Crippen LogP contribution in [0.2, 0.25) is 5.02 Å². The highest BCUT2D eigenvalue weighted by Gasteiger charge is 2.23. The zero-order valence-electron chi connectivity index (χ0n) is 11.5. The van der Waals surface area contributed by atoms with Crippen LogP contribution in [0.4, 0.5) is 0 Å². The summed E-state index contributed by atoms with van der Waals surface area (Å²) in [5.41, 5.74) is 1.79. The number of carbonyl (C=O) groups is 1. The Labute approximate surface area is 122 Å². The number of amides is 1. The van der Waals surface area contributed by atoms with E-state index in [1.54, 1.807) is 13.0 Å². The molecule has 1 heterocycles. The van der Waals surface area contributed by atoms with Crippen molar-refractivity contribution in [3.05, 3.63) is 28.3 Å². The first kappa shape index (κ1) is 15.1. The number of carbonyl (C=O) groups excluding carboxylic acids is 1. The molecule has 2 N–H and O–H groups in total. The van der Waals surface area contributed by atoms with E-state index in [0.717, 1.165) is 11.1 Å². The van der Waals surface area contributed by atoms with Gasteiger partial charge < -0.3 is 19.9 Å². The lowest BCUT2D eigenvalue weighted by Gasteiger charge is -2.25. The monoisotopic (exact) mass is 299 g/mol. The number of aliphatic hydroxyl groups excluding tert-OH is 1. The van der Waals surface area contributed by atoms with E-state index in [4.69, 9.17) is 21.1 Å². The molecule has 5 nitrogen and oxygen atoms in total. The van der Waals surface area contributed by atoms with Crippen molar-refractivity contribution in [2.24, 2.45) is 0 Å². The Hall–Kier alpha value is -1.30. The number of hydrogen-bond donors (Lipinski definition) is 2. The number of hydrogen-bond acceptors (Lipinski definition) is 4. The summed E-state index contributed by atoms with van der Waals surface area (Å²) < 4.78 is 10.9. The van der Waals surface area contributed by atoms with Crippen molar-refractivity contribution in [1.29, 1.82) is 0 Å². The predicted molar refractivity (Wildman–Crippen MR) is 75.1 cm³/mol. The summed E-state index contributed by atoms with van der Waals surface area (Å²) in [7, 11) is 0. The first-order chi connectivity index (χ1) is 9.49. The average molecular weight is 300 g/mol. The molecule has 20 heavy (non-hydrogen) atoms. The fraction of sp³-hybridized carbons (Fsp3) is 0.500. The Morgan fingerprint density at radius 3 is 2.95 bits per heavy atom. The number of aliphatic hydroxyl groups is 1. The number of rotatable bonds is 4. The quantitative estimate of drug-likeness (QED) is 0.886. The van der Waals surface area contributed by atoms with Crippen LogP contribution in [0.1, 0.15) is 24.2 Å². The van der Waals surface area contributed by atoms with Crippen molar-refractivity contribution in [1.82, 2.24) is 5.32 Å². The highest BCUT2D eigenvalue weighted by molar-refractivity contribution is 6.32. The third-order valence-corrected chi connectivity index (χ3v) is 3.59. The van der Waals surface area contributed by atoms with Crippen molar-refractivity contribution in [2.75, 3.05) is 19.8 Å². The van der Waals surface area contributed by atoms with Gasteiger partial charge >= 0.3 is 0 Å². The van der Waals surface area contributed by atoms with Crippen LogP contribution in [0.3, 0.4) is 0 Å². The second-order valence-corrected chi connectivity index (χ2v) is 5.23. The van der Waals surface area contributed by atoms with E-state index in [0.29, 0.717) is 17.3 Å². The number of halogens is 1. The van der Waals surface area contributed by atoms with E-state index in [1.807, 2.05) is 13.0 Å². The van der Waals surface area contributed by atoms with Gasteiger partial charge in [0, 0.05) is 6.54 Å². The lowest BCUT2D eigenvalue weighted by Crippen LogP contribution is -2.38. The van der Waals surface area contributed by atoms with Gasteiger partial charge in [0.15, 0.2) is 0 Å². The normalized spacial score (nSPS) is 20.4. The molecule has 0 spiro atoms. The average Bonchev–Trinajstić information content (AvgIpc) is 2.42. The third kappa shape index (κ3) is 3.42. The highest BCUT2D eigenvalue weighted by atomic mass is 35.5. The standard InChI is InChI=1S/C14H18ClNO4/c1-8(17)6-19-11-4-3-10(9(2)14(11)15)12-5-16-13(18)7-20-12/h3-4,8,12,17H,5-7H2,1-2H3,(H,16,18). The molecule has 6 heteroatoms. The van der Waals surface area contributed by atoms with Crippen molar-refractivity contribution >= 4 is 17.5 Å². The Bertz CT molecular complexity index is 494. The molecule has 2 unspecified atom stereocenters. The van der Waals surface area contributed by atoms with Gasteiger partial charge in [-0.25, -0.2) is 0 Å². The van der Waals surface area contributed by atoms with Crippen LogP contribution in [0.25, 0.3) is 0 Å². The summed E-state index contributed by atoms with van der Waals surface area (Å²) in [6.07, 6.45) is -0.751. The molecule has 1 aliphatic rings. The van der Waals surface area contributed by atoms with Crippen LogP contribution in [0.5, 0.6) is 5.75 Å². The van der Waals surface area contributed by atoms with Gasteiger partial charge in [0.05, 0.1) is 11.1 Å². The van der Waals surface area contributed by atoms with E-state index >= 15 is 0 Å². The maximum absolute atomic E-state index is 11.1. The maximum atomic E-state index is 11.1. The largest absolute Gasteiger partial charge is 0.489 e. The fourth-order valence-corrected chi connectivity index (χ4v) is 2.26. The fourth-order valence-electron chi connectivity index (χ4n) is 2.04. The Morgan fingerprint density at radius 1 is 1.60 bits per heavy atom. The lowest BCUT2D eigenvalue weighted by atomic mass is 10.0. The molecule has 1 aromatic carbocycles. The summed E-state index contributed by atoms with van der Waals surface area (Å²) in [4.78, 5) is 11.1. The molecule has 1 aromatic rings. The third-order valence-electron chi connectivity index (χ3n) is 3.12. The predicted octanol–water partition coefficient (Wildman–Crippen LogP) is 1.60. The molecule has 1 fully saturated rings. The minimum Gasteiger partial charge on any atom is -0.489 e. The van der Waals surface area contributed by atoms with Crippen molar-refractivity contribution < 1.29 is 19.4 Å². The molecule has 0 aliphatic carbocycles. The van der Waals surface area contributed by atoms with Gasteiger partial charge in [0.25, 0.3) is 0 Å². The van der Waals surface area contributed by atoms with Crippen molar-refractivity contribution in [2.45, 2.75) is 26.1 Å². The molecule has 110 valence electrons. The van der Waals surface area contributed by atoms with E-state index in [9.17, 15) is 9.90 Å². The molecule has 2 rings (SSSR count). The molecular formula is C14H18ClNO4. The summed E-state index contributed by atoms with van der Waals surface area (Å²) in [6, 6.07) is 3.63. The molecule has 0 bridgehead atoms. The minimum absolute atomic E-state index is 0.0575. The first-order valence-corrected chi connectivity index (χ1v) is 6.85. The van der Waals surface area contributed by atoms with E-state index in [1.165, 1.54) is 0 Å². The van der Waals surface area contributed by atoms with Gasteiger partial charge in [0.1, 0.15) is 25.1 Å². The second-order valence-electron chi connectivity index (χ2n) is 4.86. The van der Waals surface area contributed by atoms with Crippen LogP contribution in [-0.2, 0) is 9.53 Å². The molecule has 2 atom stereocenters. The highest BCUT2D eigenvalue weighted by Crippen LogP contribution is 2.34. The van der Waals surface area contributed by atoms with E-state index < -0.39 is 6.10 Å². The molecular weight excluding hydrogens is 282 g/mol. The zero-order valence-corrected chi connectivity index (χ0v) is 12.2. The van der Waals surface area contributed by atoms with Crippen LogP contribution < -0.4 is 10.1 Å². The Morgan fingerprint density at radius 2 is 2.35 bits per heavy atom. The zero-order chi connectivity index (χ0) is 14.7. The Kier molecular flexibility index (Phi) is 4.86. The molecule has 1 amide bonds. The van der Waals surface area contributed by atoms with Gasteiger partial charge in [-0.15, -0.1) is 0 Å². The van der Waals surface area contributed by atoms with E-state index in [-0.39, 0.29) is 25.2 Å². The van der Waals surface area contributed by atoms with Crippen molar-refractivity contribution in [3.63, 3.8) is 0 Å². The number of ether oxygens (including phenoxy) is 2. The summed E-state index contributed by atoms with van der Waals surface area (Å²) in [6.45, 7) is 4.21. The second kappa shape index (κ2) is 6.43. The van der Waals surface area contributed by atoms with Crippen molar-refractivity contribution in [3.8, 4) is 5.75 Å². The van der Waals surface area contributed by atoms with Crippen LogP contribution in [0.15, 0.2) is 12.1 Å². The number of benzene rings is 1. The molecule has 0 saturated carbocycles.